The average Bonchev–Trinajstić information content (AvgIpc) is 2.18. The highest BCUT2D eigenvalue weighted by Gasteiger charge is 2.14. The molecule has 0 saturated carbocycles. The molecule has 4 heteroatoms. The van der Waals surface area contributed by atoms with E-state index in [1.54, 1.807) is 25.1 Å². The number of benzene rings is 1. The summed E-state index contributed by atoms with van der Waals surface area (Å²) in [6.07, 6.45) is 1.85. The van der Waals surface area contributed by atoms with Gasteiger partial charge in [0.05, 0.1) is 4.90 Å². The molecule has 0 saturated heterocycles. The quantitative estimate of drug-likeness (QED) is 0.783. The maximum Gasteiger partial charge on any atom is 0.240 e. The van der Waals surface area contributed by atoms with Crippen molar-refractivity contribution in [3.8, 4) is 0 Å². The highest BCUT2D eigenvalue weighted by Crippen LogP contribution is 2.13. The van der Waals surface area contributed by atoms with Gasteiger partial charge in [0.2, 0.25) is 10.0 Å². The molecule has 0 radical (unpaired) electrons. The van der Waals surface area contributed by atoms with Crippen LogP contribution in [0.5, 0.6) is 0 Å². The third kappa shape index (κ3) is 3.32. The number of aryl methyl sites for hydroxylation is 1. The standard InChI is InChI=1S/C11H17NO2S/c1-3-4-9-12-15(13,14)11-8-6-5-7-10(11)2/h5-8,12H,3-4,9H2,1-2H3. The lowest BCUT2D eigenvalue weighted by Gasteiger charge is -2.08. The zero-order valence-corrected chi connectivity index (χ0v) is 9.97. The van der Waals surface area contributed by atoms with Crippen LogP contribution in [0.3, 0.4) is 0 Å². The summed E-state index contributed by atoms with van der Waals surface area (Å²) < 4.78 is 26.2. The predicted molar refractivity (Wildman–Crippen MR) is 61.3 cm³/mol. The zero-order valence-electron chi connectivity index (χ0n) is 9.16. The molecule has 1 N–H and O–H groups in total. The first kappa shape index (κ1) is 12.2. The molecule has 1 aromatic carbocycles. The zero-order chi connectivity index (χ0) is 11.3. The Hall–Kier alpha value is -0.870. The molecule has 15 heavy (non-hydrogen) atoms. The average molecular weight is 227 g/mol. The van der Waals surface area contributed by atoms with E-state index < -0.39 is 10.0 Å². The summed E-state index contributed by atoms with van der Waals surface area (Å²) in [6.45, 7) is 4.34. The van der Waals surface area contributed by atoms with Crippen LogP contribution >= 0.6 is 0 Å². The molecule has 0 atom stereocenters. The van der Waals surface area contributed by atoms with Crippen molar-refractivity contribution in [2.45, 2.75) is 31.6 Å². The molecule has 0 heterocycles. The Balaban J connectivity index is 2.83. The molecule has 0 bridgehead atoms. The summed E-state index contributed by atoms with van der Waals surface area (Å²) >= 11 is 0. The Morgan fingerprint density at radius 1 is 1.27 bits per heavy atom. The Morgan fingerprint density at radius 2 is 1.93 bits per heavy atom. The first-order valence-electron chi connectivity index (χ1n) is 5.13. The Kier molecular flexibility index (Phi) is 4.29. The smallest absolute Gasteiger partial charge is 0.211 e. The van der Waals surface area contributed by atoms with Gasteiger partial charge in [-0.3, -0.25) is 0 Å². The number of rotatable bonds is 5. The summed E-state index contributed by atoms with van der Waals surface area (Å²) in [4.78, 5) is 0.376. The van der Waals surface area contributed by atoms with Crippen LogP contribution in [0, 0.1) is 6.92 Å². The molecule has 0 fully saturated rings. The van der Waals surface area contributed by atoms with Crippen LogP contribution in [-0.2, 0) is 10.0 Å². The van der Waals surface area contributed by atoms with Crippen LogP contribution < -0.4 is 4.72 Å². The molecule has 0 amide bonds. The van der Waals surface area contributed by atoms with E-state index in [1.807, 2.05) is 13.0 Å². The normalized spacial score (nSPS) is 11.6. The molecular formula is C11H17NO2S. The Morgan fingerprint density at radius 3 is 2.53 bits per heavy atom. The minimum atomic E-state index is -3.31. The minimum Gasteiger partial charge on any atom is -0.211 e. The van der Waals surface area contributed by atoms with Crippen LogP contribution in [0.1, 0.15) is 25.3 Å². The summed E-state index contributed by atoms with van der Waals surface area (Å²) in [5, 5.41) is 0. The summed E-state index contributed by atoms with van der Waals surface area (Å²) in [5.74, 6) is 0. The number of sulfonamides is 1. The van der Waals surface area contributed by atoms with E-state index in [4.69, 9.17) is 0 Å². The molecule has 0 aromatic heterocycles. The van der Waals surface area contributed by atoms with Crippen molar-refractivity contribution in [3.63, 3.8) is 0 Å². The lowest BCUT2D eigenvalue weighted by atomic mass is 10.2. The van der Waals surface area contributed by atoms with E-state index in [0.29, 0.717) is 11.4 Å². The molecule has 84 valence electrons. The lowest BCUT2D eigenvalue weighted by molar-refractivity contribution is 0.578. The lowest BCUT2D eigenvalue weighted by Crippen LogP contribution is -2.25. The molecule has 0 aliphatic heterocycles. The van der Waals surface area contributed by atoms with Crippen LogP contribution in [0.2, 0.25) is 0 Å². The van der Waals surface area contributed by atoms with Crippen molar-refractivity contribution in [1.29, 1.82) is 0 Å². The molecule has 1 aromatic rings. The van der Waals surface area contributed by atoms with E-state index in [-0.39, 0.29) is 0 Å². The summed E-state index contributed by atoms with van der Waals surface area (Å²) in [6, 6.07) is 7.00. The van der Waals surface area contributed by atoms with E-state index in [9.17, 15) is 8.42 Å². The monoisotopic (exact) mass is 227 g/mol. The number of unbranched alkanes of at least 4 members (excludes halogenated alkanes) is 1. The van der Waals surface area contributed by atoms with Crippen LogP contribution in [-0.4, -0.2) is 15.0 Å². The largest absolute Gasteiger partial charge is 0.240 e. The minimum absolute atomic E-state index is 0.376. The van der Waals surface area contributed by atoms with Crippen molar-refractivity contribution in [2.75, 3.05) is 6.54 Å². The summed E-state index contributed by atoms with van der Waals surface area (Å²) in [5.41, 5.74) is 0.779. The van der Waals surface area contributed by atoms with Gasteiger partial charge in [0.15, 0.2) is 0 Å². The highest BCUT2D eigenvalue weighted by atomic mass is 32.2. The van der Waals surface area contributed by atoms with E-state index in [1.165, 1.54) is 0 Å². The molecule has 1 rings (SSSR count). The van der Waals surface area contributed by atoms with Crippen molar-refractivity contribution < 1.29 is 8.42 Å². The van der Waals surface area contributed by atoms with Crippen LogP contribution in [0.4, 0.5) is 0 Å². The maximum absolute atomic E-state index is 11.8. The Bertz CT molecular complexity index is 412. The maximum atomic E-state index is 11.8. The van der Waals surface area contributed by atoms with Gasteiger partial charge in [-0.15, -0.1) is 0 Å². The van der Waals surface area contributed by atoms with E-state index in [0.717, 1.165) is 18.4 Å². The van der Waals surface area contributed by atoms with E-state index >= 15 is 0 Å². The van der Waals surface area contributed by atoms with Gasteiger partial charge in [-0.2, -0.15) is 0 Å². The molecular weight excluding hydrogens is 210 g/mol. The SMILES string of the molecule is CCCCNS(=O)(=O)c1ccccc1C. The Labute approximate surface area is 91.6 Å². The van der Waals surface area contributed by atoms with Crippen LogP contribution in [0.25, 0.3) is 0 Å². The third-order valence-corrected chi connectivity index (χ3v) is 3.83. The fourth-order valence-corrected chi connectivity index (χ4v) is 2.64. The third-order valence-electron chi connectivity index (χ3n) is 2.21. The molecule has 0 spiro atoms. The van der Waals surface area contributed by atoms with Gasteiger partial charge in [-0.25, -0.2) is 13.1 Å². The van der Waals surface area contributed by atoms with Crippen molar-refractivity contribution in [2.24, 2.45) is 0 Å². The van der Waals surface area contributed by atoms with Crippen molar-refractivity contribution in [3.05, 3.63) is 29.8 Å². The number of hydrogen-bond acceptors (Lipinski definition) is 2. The van der Waals surface area contributed by atoms with Crippen molar-refractivity contribution >= 4 is 10.0 Å². The van der Waals surface area contributed by atoms with Gasteiger partial charge < -0.3 is 0 Å². The highest BCUT2D eigenvalue weighted by molar-refractivity contribution is 7.89. The van der Waals surface area contributed by atoms with Gasteiger partial charge >= 0.3 is 0 Å². The van der Waals surface area contributed by atoms with Gasteiger partial charge in [0.25, 0.3) is 0 Å². The molecule has 0 aliphatic rings. The molecule has 0 aliphatic carbocycles. The second kappa shape index (κ2) is 5.28. The summed E-state index contributed by atoms with van der Waals surface area (Å²) in [7, 11) is -3.31. The fraction of sp³-hybridized carbons (Fsp3) is 0.455. The second-order valence-corrected chi connectivity index (χ2v) is 5.25. The van der Waals surface area contributed by atoms with Gasteiger partial charge in [0.1, 0.15) is 0 Å². The fourth-order valence-electron chi connectivity index (χ4n) is 1.32. The first-order chi connectivity index (χ1) is 7.08. The number of nitrogens with one attached hydrogen (secondary N) is 1. The topological polar surface area (TPSA) is 46.2 Å². The molecule has 3 nitrogen and oxygen atoms in total. The number of hydrogen-bond donors (Lipinski definition) is 1. The van der Waals surface area contributed by atoms with Crippen molar-refractivity contribution in [1.82, 2.24) is 4.72 Å². The predicted octanol–water partition coefficient (Wildman–Crippen LogP) is 2.07. The van der Waals surface area contributed by atoms with E-state index in [2.05, 4.69) is 4.72 Å². The first-order valence-corrected chi connectivity index (χ1v) is 6.61. The second-order valence-electron chi connectivity index (χ2n) is 3.52. The van der Waals surface area contributed by atoms with Gasteiger partial charge in [-0.1, -0.05) is 31.5 Å². The van der Waals surface area contributed by atoms with Gasteiger partial charge in [0, 0.05) is 6.54 Å². The molecule has 0 unspecified atom stereocenters. The van der Waals surface area contributed by atoms with Crippen LogP contribution in [0.15, 0.2) is 29.2 Å². The van der Waals surface area contributed by atoms with Gasteiger partial charge in [-0.05, 0) is 25.0 Å².